The van der Waals surface area contributed by atoms with Crippen LogP contribution in [-0.4, -0.2) is 29.1 Å². The molecule has 1 aliphatic carbocycles. The molecule has 21 heavy (non-hydrogen) atoms. The summed E-state index contributed by atoms with van der Waals surface area (Å²) in [6.07, 6.45) is 3.30. The molecule has 1 fully saturated rings. The molecule has 1 heterocycles. The first kappa shape index (κ1) is 15.2. The van der Waals surface area contributed by atoms with E-state index in [4.69, 9.17) is 11.6 Å². The van der Waals surface area contributed by atoms with Gasteiger partial charge in [-0.2, -0.15) is 0 Å². The highest BCUT2D eigenvalue weighted by molar-refractivity contribution is 6.31. The average Bonchev–Trinajstić information content (AvgIpc) is 2.74. The van der Waals surface area contributed by atoms with Crippen LogP contribution >= 0.6 is 11.6 Å². The van der Waals surface area contributed by atoms with Crippen molar-refractivity contribution < 1.29 is 5.11 Å². The number of halogens is 1. The van der Waals surface area contributed by atoms with Crippen LogP contribution in [0.1, 0.15) is 51.7 Å². The second-order valence-electron chi connectivity index (χ2n) is 7.47. The van der Waals surface area contributed by atoms with Crippen LogP contribution in [0.25, 0.3) is 0 Å². The largest absolute Gasteiger partial charge is 0.508 e. The van der Waals surface area contributed by atoms with Crippen molar-refractivity contribution in [2.45, 2.75) is 58.4 Å². The summed E-state index contributed by atoms with van der Waals surface area (Å²) >= 11 is 6.52. The van der Waals surface area contributed by atoms with E-state index < -0.39 is 0 Å². The van der Waals surface area contributed by atoms with Gasteiger partial charge in [0.05, 0.1) is 0 Å². The van der Waals surface area contributed by atoms with Crippen molar-refractivity contribution in [2.75, 3.05) is 13.1 Å². The van der Waals surface area contributed by atoms with Gasteiger partial charge in [0.2, 0.25) is 0 Å². The highest BCUT2D eigenvalue weighted by atomic mass is 35.5. The minimum Gasteiger partial charge on any atom is -0.508 e. The monoisotopic (exact) mass is 307 g/mol. The van der Waals surface area contributed by atoms with Gasteiger partial charge in [-0.1, -0.05) is 39.3 Å². The van der Waals surface area contributed by atoms with Gasteiger partial charge >= 0.3 is 0 Å². The number of fused-ring (bicyclic) bond motifs is 2. The van der Waals surface area contributed by atoms with Gasteiger partial charge in [-0.3, -0.25) is 4.90 Å². The van der Waals surface area contributed by atoms with Gasteiger partial charge in [0, 0.05) is 16.6 Å². The van der Waals surface area contributed by atoms with Crippen LogP contribution in [0.3, 0.4) is 0 Å². The molecule has 1 N–H and O–H groups in total. The lowest BCUT2D eigenvalue weighted by atomic mass is 9.54. The standard InChI is InChI=1S/C18H26ClNO/c1-5-9-20-10-8-18(4)15(20)11-12-14(21)7-6-13(19)16(12)17(18,2)3/h6-7,15,21H,5,8-11H2,1-4H3. The molecule has 116 valence electrons. The average molecular weight is 308 g/mol. The topological polar surface area (TPSA) is 23.5 Å². The van der Waals surface area contributed by atoms with E-state index in [2.05, 4.69) is 32.6 Å². The number of hydrogen-bond donors (Lipinski definition) is 1. The zero-order chi connectivity index (χ0) is 15.4. The SMILES string of the molecule is CCCN1CCC2(C)C1Cc1c(O)ccc(Cl)c1C2(C)C. The van der Waals surface area contributed by atoms with Crippen LogP contribution in [0.15, 0.2) is 12.1 Å². The lowest BCUT2D eigenvalue weighted by Gasteiger charge is -2.52. The summed E-state index contributed by atoms with van der Waals surface area (Å²) in [5.74, 6) is 0.410. The Kier molecular flexibility index (Phi) is 3.53. The molecule has 0 amide bonds. The Hall–Kier alpha value is -0.730. The number of phenolic OH excluding ortho intramolecular Hbond substituents is 1. The highest BCUT2D eigenvalue weighted by Gasteiger charge is 2.57. The van der Waals surface area contributed by atoms with Gasteiger partial charge in [-0.05, 0) is 60.9 Å². The molecule has 0 radical (unpaired) electrons. The molecular weight excluding hydrogens is 282 g/mol. The number of benzene rings is 1. The summed E-state index contributed by atoms with van der Waals surface area (Å²) in [6.45, 7) is 11.6. The second kappa shape index (κ2) is 4.89. The first-order valence-electron chi connectivity index (χ1n) is 8.08. The smallest absolute Gasteiger partial charge is 0.119 e. The molecule has 2 aliphatic rings. The summed E-state index contributed by atoms with van der Waals surface area (Å²) in [7, 11) is 0. The number of hydrogen-bond acceptors (Lipinski definition) is 2. The van der Waals surface area contributed by atoms with E-state index >= 15 is 0 Å². The molecule has 1 saturated heterocycles. The minimum atomic E-state index is -0.0242. The second-order valence-corrected chi connectivity index (χ2v) is 7.88. The van der Waals surface area contributed by atoms with Crippen LogP contribution in [0.4, 0.5) is 0 Å². The van der Waals surface area contributed by atoms with Crippen LogP contribution in [0.2, 0.25) is 5.02 Å². The van der Waals surface area contributed by atoms with Crippen LogP contribution in [0.5, 0.6) is 5.75 Å². The minimum absolute atomic E-state index is 0.0242. The summed E-state index contributed by atoms with van der Waals surface area (Å²) in [5.41, 5.74) is 2.43. The maximum atomic E-state index is 10.4. The summed E-state index contributed by atoms with van der Waals surface area (Å²) in [5, 5.41) is 11.2. The molecule has 0 spiro atoms. The third-order valence-electron chi connectivity index (χ3n) is 6.29. The van der Waals surface area contributed by atoms with Gasteiger partial charge in [0.1, 0.15) is 5.75 Å². The lowest BCUT2D eigenvalue weighted by molar-refractivity contribution is 0.0793. The van der Waals surface area contributed by atoms with Gasteiger partial charge in [-0.25, -0.2) is 0 Å². The number of aromatic hydroxyl groups is 1. The van der Waals surface area contributed by atoms with Crippen molar-refractivity contribution >= 4 is 11.6 Å². The number of phenols is 1. The molecule has 2 atom stereocenters. The molecule has 2 unspecified atom stereocenters. The molecule has 3 heteroatoms. The Morgan fingerprint density at radius 2 is 2.05 bits per heavy atom. The van der Waals surface area contributed by atoms with Crippen LogP contribution < -0.4 is 0 Å². The Morgan fingerprint density at radius 3 is 2.71 bits per heavy atom. The normalized spacial score (nSPS) is 31.0. The van der Waals surface area contributed by atoms with Crippen molar-refractivity contribution in [3.05, 3.63) is 28.3 Å². The predicted molar refractivity (Wildman–Crippen MR) is 88.2 cm³/mol. The molecule has 1 aliphatic heterocycles. The van der Waals surface area contributed by atoms with Crippen LogP contribution in [-0.2, 0) is 11.8 Å². The van der Waals surface area contributed by atoms with Crippen LogP contribution in [0, 0.1) is 5.41 Å². The molecular formula is C18H26ClNO. The van der Waals surface area contributed by atoms with E-state index in [1.807, 2.05) is 6.07 Å². The third kappa shape index (κ3) is 1.95. The zero-order valence-electron chi connectivity index (χ0n) is 13.5. The predicted octanol–water partition coefficient (Wildman–Crippen LogP) is 4.37. The Bertz CT molecular complexity index is 569. The molecule has 0 saturated carbocycles. The molecule has 1 aromatic rings. The molecule has 0 bridgehead atoms. The number of nitrogens with zero attached hydrogens (tertiary/aromatic N) is 1. The maximum Gasteiger partial charge on any atom is 0.119 e. The fourth-order valence-electron chi connectivity index (χ4n) is 4.71. The van der Waals surface area contributed by atoms with Gasteiger partial charge < -0.3 is 5.11 Å². The highest BCUT2D eigenvalue weighted by Crippen LogP contribution is 2.58. The van der Waals surface area contributed by atoms with Crippen molar-refractivity contribution in [3.63, 3.8) is 0 Å². The summed E-state index contributed by atoms with van der Waals surface area (Å²) in [4.78, 5) is 2.62. The van der Waals surface area contributed by atoms with Gasteiger partial charge in [0.25, 0.3) is 0 Å². The molecule has 1 aromatic carbocycles. The Balaban J connectivity index is 2.16. The third-order valence-corrected chi connectivity index (χ3v) is 6.61. The first-order chi connectivity index (χ1) is 9.83. The fourth-order valence-corrected chi connectivity index (χ4v) is 5.12. The Labute approximate surface area is 133 Å². The first-order valence-corrected chi connectivity index (χ1v) is 8.45. The van der Waals surface area contributed by atoms with Crippen molar-refractivity contribution in [2.24, 2.45) is 5.41 Å². The van der Waals surface area contributed by atoms with Crippen molar-refractivity contribution in [1.82, 2.24) is 4.90 Å². The van der Waals surface area contributed by atoms with E-state index in [9.17, 15) is 5.11 Å². The van der Waals surface area contributed by atoms with Crippen molar-refractivity contribution in [1.29, 1.82) is 0 Å². The maximum absolute atomic E-state index is 10.4. The molecule has 3 rings (SSSR count). The summed E-state index contributed by atoms with van der Waals surface area (Å²) in [6, 6.07) is 4.10. The number of likely N-dealkylation sites (tertiary alicyclic amines) is 1. The number of rotatable bonds is 2. The molecule has 0 aromatic heterocycles. The quantitative estimate of drug-likeness (QED) is 0.877. The van der Waals surface area contributed by atoms with E-state index in [1.54, 1.807) is 6.07 Å². The van der Waals surface area contributed by atoms with E-state index in [1.165, 1.54) is 18.4 Å². The van der Waals surface area contributed by atoms with Gasteiger partial charge in [-0.15, -0.1) is 0 Å². The van der Waals surface area contributed by atoms with E-state index in [0.717, 1.165) is 30.1 Å². The lowest BCUT2D eigenvalue weighted by Crippen LogP contribution is -2.53. The van der Waals surface area contributed by atoms with E-state index in [-0.39, 0.29) is 10.8 Å². The fraction of sp³-hybridized carbons (Fsp3) is 0.667. The zero-order valence-corrected chi connectivity index (χ0v) is 14.3. The molecule has 2 nitrogen and oxygen atoms in total. The Morgan fingerprint density at radius 1 is 1.33 bits per heavy atom. The summed E-state index contributed by atoms with van der Waals surface area (Å²) < 4.78 is 0. The van der Waals surface area contributed by atoms with Crippen molar-refractivity contribution in [3.8, 4) is 5.75 Å². The van der Waals surface area contributed by atoms with Gasteiger partial charge in [0.15, 0.2) is 0 Å². The van der Waals surface area contributed by atoms with E-state index in [0.29, 0.717) is 11.8 Å².